The van der Waals surface area contributed by atoms with Gasteiger partial charge in [0.1, 0.15) is 0 Å². The normalized spacial score (nSPS) is 14.8. The molecule has 3 aromatic rings. The summed E-state index contributed by atoms with van der Waals surface area (Å²) < 4.78 is 7.07. The molecular formula is C24H29N5O4. The number of nitrogens with one attached hydrogen (secondary N) is 2. The van der Waals surface area contributed by atoms with Crippen LogP contribution in [-0.2, 0) is 16.6 Å². The van der Waals surface area contributed by atoms with Crippen molar-refractivity contribution >= 4 is 28.4 Å². The average Bonchev–Trinajstić information content (AvgIpc) is 2.82. The molecule has 9 heteroatoms. The van der Waals surface area contributed by atoms with Crippen molar-refractivity contribution in [3.8, 4) is 0 Å². The first kappa shape index (κ1) is 22.8. The highest BCUT2D eigenvalue weighted by molar-refractivity contribution is 5.99. The quantitative estimate of drug-likeness (QED) is 0.556. The van der Waals surface area contributed by atoms with Crippen molar-refractivity contribution in [2.45, 2.75) is 19.9 Å². The van der Waals surface area contributed by atoms with Crippen LogP contribution in [0.5, 0.6) is 0 Å². The first-order valence-electron chi connectivity index (χ1n) is 10.9. The number of hydrogen-bond donors (Lipinski definition) is 2. The molecule has 2 aromatic carbocycles. The first-order valence-corrected chi connectivity index (χ1v) is 10.9. The third-order valence-electron chi connectivity index (χ3n) is 5.83. The third-order valence-corrected chi connectivity index (χ3v) is 5.83. The number of hydroxylamine groups is 1. The Kier molecular flexibility index (Phi) is 6.62. The van der Waals surface area contributed by atoms with E-state index < -0.39 is 0 Å². The van der Waals surface area contributed by atoms with Gasteiger partial charge in [0.15, 0.2) is 0 Å². The van der Waals surface area contributed by atoms with Gasteiger partial charge in [-0.25, -0.2) is 10.5 Å². The predicted molar refractivity (Wildman–Crippen MR) is 128 cm³/mol. The second kappa shape index (κ2) is 9.60. The maximum atomic E-state index is 13.3. The monoisotopic (exact) mass is 451 g/mol. The smallest absolute Gasteiger partial charge is 0.276 e. The van der Waals surface area contributed by atoms with Crippen molar-refractivity contribution in [2.75, 3.05) is 43.6 Å². The SMILES string of the molecule is CONC(=O)c1ccccc1NC(C)c1cc(C)cc2c(=O)n(C)c(N3CCOCC3)nc12. The zero-order valence-corrected chi connectivity index (χ0v) is 19.3. The second-order valence-corrected chi connectivity index (χ2v) is 8.17. The van der Waals surface area contributed by atoms with Gasteiger partial charge in [-0.05, 0) is 37.6 Å². The molecule has 33 heavy (non-hydrogen) atoms. The third kappa shape index (κ3) is 4.55. The Labute approximate surface area is 192 Å². The number of carbonyl (C=O) groups is 1. The van der Waals surface area contributed by atoms with E-state index in [2.05, 4.69) is 15.7 Å². The number of nitrogens with zero attached hydrogens (tertiary/aromatic N) is 3. The Morgan fingerprint density at radius 2 is 1.94 bits per heavy atom. The van der Waals surface area contributed by atoms with Crippen LogP contribution in [0.25, 0.3) is 10.9 Å². The molecule has 1 saturated heterocycles. The lowest BCUT2D eigenvalue weighted by atomic mass is 10.0. The van der Waals surface area contributed by atoms with E-state index in [1.807, 2.05) is 38.1 Å². The van der Waals surface area contributed by atoms with Gasteiger partial charge in [0, 0.05) is 31.4 Å². The highest BCUT2D eigenvalue weighted by Gasteiger charge is 2.21. The van der Waals surface area contributed by atoms with Gasteiger partial charge < -0.3 is 15.0 Å². The molecule has 0 saturated carbocycles. The number of anilines is 2. The summed E-state index contributed by atoms with van der Waals surface area (Å²) in [6.45, 7) is 6.53. The number of morpholine rings is 1. The minimum atomic E-state index is -0.344. The maximum Gasteiger partial charge on any atom is 0.276 e. The molecule has 2 N–H and O–H groups in total. The van der Waals surface area contributed by atoms with Gasteiger partial charge in [0.25, 0.3) is 11.5 Å². The molecule has 1 aromatic heterocycles. The van der Waals surface area contributed by atoms with Gasteiger partial charge in [0.05, 0.1) is 42.8 Å². The molecule has 0 radical (unpaired) electrons. The van der Waals surface area contributed by atoms with E-state index in [9.17, 15) is 9.59 Å². The fourth-order valence-electron chi connectivity index (χ4n) is 4.18. The summed E-state index contributed by atoms with van der Waals surface area (Å²) in [5, 5.41) is 3.99. The Morgan fingerprint density at radius 3 is 2.67 bits per heavy atom. The molecule has 1 atom stereocenters. The van der Waals surface area contributed by atoms with Crippen LogP contribution < -0.4 is 21.3 Å². The number of rotatable bonds is 6. The molecule has 1 fully saturated rings. The molecule has 4 rings (SSSR count). The van der Waals surface area contributed by atoms with Crippen LogP contribution in [0, 0.1) is 6.92 Å². The Bertz CT molecular complexity index is 1230. The summed E-state index contributed by atoms with van der Waals surface area (Å²) in [5.74, 6) is 0.288. The molecule has 1 aliphatic heterocycles. The van der Waals surface area contributed by atoms with E-state index >= 15 is 0 Å². The van der Waals surface area contributed by atoms with Crippen LogP contribution in [0.15, 0.2) is 41.2 Å². The zero-order chi connectivity index (χ0) is 23.5. The minimum absolute atomic E-state index is 0.0847. The van der Waals surface area contributed by atoms with Crippen molar-refractivity contribution < 1.29 is 14.4 Å². The van der Waals surface area contributed by atoms with Gasteiger partial charge in [-0.3, -0.25) is 19.0 Å². The van der Waals surface area contributed by atoms with Gasteiger partial charge in [0.2, 0.25) is 5.95 Å². The standard InChI is InChI=1S/C24H29N5O4/c1-15-13-18(16(2)25-20-8-6-5-7-17(20)22(30)27-32-4)21-19(14-15)23(31)28(3)24(26-21)29-9-11-33-12-10-29/h5-8,13-14,16,25H,9-12H2,1-4H3,(H,27,30). The zero-order valence-electron chi connectivity index (χ0n) is 19.3. The molecule has 2 heterocycles. The lowest BCUT2D eigenvalue weighted by Crippen LogP contribution is -2.40. The number of aryl methyl sites for hydroxylation is 1. The summed E-state index contributed by atoms with van der Waals surface area (Å²) in [7, 11) is 3.15. The summed E-state index contributed by atoms with van der Waals surface area (Å²) in [5.41, 5.74) is 5.91. The number of benzene rings is 2. The van der Waals surface area contributed by atoms with Crippen LogP contribution in [0.3, 0.4) is 0 Å². The molecule has 1 unspecified atom stereocenters. The minimum Gasteiger partial charge on any atom is -0.378 e. The van der Waals surface area contributed by atoms with E-state index in [4.69, 9.17) is 14.6 Å². The number of para-hydroxylation sites is 1. The van der Waals surface area contributed by atoms with Gasteiger partial charge in [-0.15, -0.1) is 0 Å². The fourth-order valence-corrected chi connectivity index (χ4v) is 4.18. The highest BCUT2D eigenvalue weighted by Crippen LogP contribution is 2.29. The first-order chi connectivity index (χ1) is 15.9. The van der Waals surface area contributed by atoms with Crippen molar-refractivity contribution in [1.82, 2.24) is 15.0 Å². The van der Waals surface area contributed by atoms with Crippen molar-refractivity contribution in [3.63, 3.8) is 0 Å². The highest BCUT2D eigenvalue weighted by atomic mass is 16.6. The molecular weight excluding hydrogens is 422 g/mol. The van der Waals surface area contributed by atoms with E-state index in [0.29, 0.717) is 54.4 Å². The summed E-state index contributed by atoms with van der Waals surface area (Å²) in [6, 6.07) is 10.9. The van der Waals surface area contributed by atoms with Crippen molar-refractivity contribution in [1.29, 1.82) is 0 Å². The predicted octanol–water partition coefficient (Wildman–Crippen LogP) is 2.54. The van der Waals surface area contributed by atoms with Gasteiger partial charge >= 0.3 is 0 Å². The molecule has 0 aliphatic carbocycles. The van der Waals surface area contributed by atoms with Crippen LogP contribution in [0.4, 0.5) is 11.6 Å². The topological polar surface area (TPSA) is 97.7 Å². The molecule has 174 valence electrons. The lowest BCUT2D eigenvalue weighted by molar-refractivity contribution is 0.0538. The molecule has 0 bridgehead atoms. The van der Waals surface area contributed by atoms with Crippen LogP contribution in [0.2, 0.25) is 0 Å². The van der Waals surface area contributed by atoms with Crippen LogP contribution in [0.1, 0.15) is 34.5 Å². The molecule has 9 nitrogen and oxygen atoms in total. The second-order valence-electron chi connectivity index (χ2n) is 8.17. The molecule has 1 amide bonds. The Morgan fingerprint density at radius 1 is 1.21 bits per heavy atom. The number of aromatic nitrogens is 2. The summed E-state index contributed by atoms with van der Waals surface area (Å²) in [6.07, 6.45) is 0. The van der Waals surface area contributed by atoms with E-state index in [0.717, 1.165) is 11.1 Å². The fraction of sp³-hybridized carbons (Fsp3) is 0.375. The van der Waals surface area contributed by atoms with E-state index in [1.54, 1.807) is 23.7 Å². The number of fused-ring (bicyclic) bond motifs is 1. The summed E-state index contributed by atoms with van der Waals surface area (Å²) >= 11 is 0. The van der Waals surface area contributed by atoms with Gasteiger partial charge in [-0.1, -0.05) is 18.2 Å². The number of ether oxygens (including phenoxy) is 1. The van der Waals surface area contributed by atoms with Crippen LogP contribution >= 0.6 is 0 Å². The Hall–Kier alpha value is -3.43. The van der Waals surface area contributed by atoms with Gasteiger partial charge in [-0.2, -0.15) is 0 Å². The van der Waals surface area contributed by atoms with Crippen LogP contribution in [-0.4, -0.2) is 48.9 Å². The molecule has 1 aliphatic rings. The lowest BCUT2D eigenvalue weighted by Gasteiger charge is -2.29. The largest absolute Gasteiger partial charge is 0.378 e. The van der Waals surface area contributed by atoms with Crippen molar-refractivity contribution in [3.05, 3.63) is 63.4 Å². The van der Waals surface area contributed by atoms with E-state index in [1.165, 1.54) is 7.11 Å². The Balaban J connectivity index is 1.78. The molecule has 0 spiro atoms. The average molecular weight is 452 g/mol. The van der Waals surface area contributed by atoms with Crippen molar-refractivity contribution in [2.24, 2.45) is 7.05 Å². The maximum absolute atomic E-state index is 13.3. The summed E-state index contributed by atoms with van der Waals surface area (Å²) in [4.78, 5) is 37.5. The number of carbonyl (C=O) groups excluding carboxylic acids is 1. The van der Waals surface area contributed by atoms with E-state index in [-0.39, 0.29) is 17.5 Å². The number of amides is 1. The number of hydrogen-bond acceptors (Lipinski definition) is 7.